The Morgan fingerprint density at radius 2 is 1.49 bits per heavy atom. The van der Waals surface area contributed by atoms with Crippen LogP contribution in [0.15, 0.2) is 48.5 Å². The van der Waals surface area contributed by atoms with E-state index in [4.69, 9.17) is 0 Å². The summed E-state index contributed by atoms with van der Waals surface area (Å²) < 4.78 is 48.0. The highest BCUT2D eigenvalue weighted by molar-refractivity contribution is 6.77. The van der Waals surface area contributed by atoms with Crippen molar-refractivity contribution in [2.45, 2.75) is 69.0 Å². The quantitative estimate of drug-likeness (QED) is 0.135. The monoisotopic (exact) mass is 726 g/mol. The van der Waals surface area contributed by atoms with E-state index < -0.39 is 76.9 Å². The average Bonchev–Trinajstić information content (AvgIpc) is 3.74. The Labute approximate surface area is 291 Å². The minimum absolute atomic E-state index is 0.0562. The number of carbonyl (C=O) groups is 2. The number of likely N-dealkylation sites (tertiary alicyclic amines) is 1. The highest BCUT2D eigenvalue weighted by atomic mass is 28.3. The van der Waals surface area contributed by atoms with E-state index in [1.54, 1.807) is 9.80 Å². The maximum Gasteiger partial charge on any atom is 0.407 e. The summed E-state index contributed by atoms with van der Waals surface area (Å²) >= 11 is 0. The Kier molecular flexibility index (Phi) is 9.67. The molecule has 3 aromatic carbocycles. The first-order chi connectivity index (χ1) is 24.1. The molecular weight excluding hydrogens is 689 g/mol. The number of nitro benzene ring substituents is 2. The summed E-state index contributed by atoms with van der Waals surface area (Å²) in [5, 5.41) is 35.4. The molecule has 3 heterocycles. The lowest BCUT2D eigenvalue weighted by atomic mass is 10.0. The summed E-state index contributed by atoms with van der Waals surface area (Å²) in [5.41, 5.74) is -0.994. The Morgan fingerprint density at radius 3 is 2.08 bits per heavy atom. The molecule has 2 N–H and O–H groups in total. The molecule has 0 saturated carbocycles. The standard InChI is InChI=1S/C34H37F3N6O7Si/c1-51(2)14-12-39(13-15-51)32-25(36)16-22(17-26(32)37)41-28(20-5-7-21(8-6-20)42(47)48)9-10-29(41)23-18-31(43(49)50)27(19-24(23)35)38-33(44)30-4-3-11-40(30)34(45)46/h5-8,16-19,28-30H,3-4,9-15H2,1-2H3,(H,38,44)(H,45,46)/t28-,29-,30?/m1/s1. The molecule has 3 saturated heterocycles. The predicted octanol–water partition coefficient (Wildman–Crippen LogP) is 7.61. The van der Waals surface area contributed by atoms with Gasteiger partial charge in [0.2, 0.25) is 5.91 Å². The number of anilines is 3. The van der Waals surface area contributed by atoms with Crippen LogP contribution in [0, 0.1) is 37.7 Å². The molecule has 0 spiro atoms. The van der Waals surface area contributed by atoms with Gasteiger partial charge in [0, 0.05) is 55.2 Å². The molecular formula is C34H37F3N6O7Si. The van der Waals surface area contributed by atoms with E-state index in [0.29, 0.717) is 31.5 Å². The molecule has 3 fully saturated rings. The number of nitrogens with one attached hydrogen (secondary N) is 1. The lowest BCUT2D eigenvalue weighted by Crippen LogP contribution is -2.43. The van der Waals surface area contributed by atoms with Crippen molar-refractivity contribution in [2.75, 3.05) is 34.8 Å². The largest absolute Gasteiger partial charge is 0.465 e. The van der Waals surface area contributed by atoms with Crippen molar-refractivity contribution >= 4 is 48.5 Å². The fourth-order valence-corrected chi connectivity index (χ4v) is 9.53. The minimum atomic E-state index is -1.45. The van der Waals surface area contributed by atoms with E-state index in [1.807, 2.05) is 0 Å². The lowest BCUT2D eigenvalue weighted by molar-refractivity contribution is -0.384. The van der Waals surface area contributed by atoms with Crippen LogP contribution in [-0.2, 0) is 4.79 Å². The van der Waals surface area contributed by atoms with Crippen molar-refractivity contribution < 1.29 is 37.7 Å². The zero-order valence-corrected chi connectivity index (χ0v) is 29.0. The van der Waals surface area contributed by atoms with Crippen LogP contribution < -0.4 is 15.1 Å². The third-order valence-electron chi connectivity index (χ3n) is 10.3. The summed E-state index contributed by atoms with van der Waals surface area (Å²) in [6.07, 6.45) is -0.231. The highest BCUT2D eigenvalue weighted by Crippen LogP contribution is 2.50. The number of benzene rings is 3. The molecule has 3 aliphatic rings. The molecule has 3 aromatic rings. The molecule has 3 aliphatic heterocycles. The number of non-ortho nitro benzene ring substituents is 1. The van der Waals surface area contributed by atoms with Crippen LogP contribution in [0.25, 0.3) is 0 Å². The number of hydrogen-bond acceptors (Lipinski definition) is 8. The van der Waals surface area contributed by atoms with E-state index in [0.717, 1.165) is 29.1 Å². The first-order valence-corrected chi connectivity index (χ1v) is 20.1. The molecule has 2 amide bonds. The molecule has 270 valence electrons. The van der Waals surface area contributed by atoms with Gasteiger partial charge in [-0.3, -0.25) is 29.9 Å². The number of halogens is 3. The topological polar surface area (TPSA) is 162 Å². The zero-order valence-electron chi connectivity index (χ0n) is 28.0. The normalized spacial score (nSPS) is 21.5. The number of carboxylic acid groups (broad SMARTS) is 1. The van der Waals surface area contributed by atoms with Gasteiger partial charge in [-0.25, -0.2) is 18.0 Å². The van der Waals surface area contributed by atoms with Crippen molar-refractivity contribution in [3.8, 4) is 0 Å². The van der Waals surface area contributed by atoms with E-state index in [2.05, 4.69) is 18.4 Å². The smallest absolute Gasteiger partial charge is 0.407 e. The zero-order chi connectivity index (χ0) is 36.8. The van der Waals surface area contributed by atoms with Gasteiger partial charge in [-0.1, -0.05) is 25.2 Å². The van der Waals surface area contributed by atoms with Crippen LogP contribution in [0.3, 0.4) is 0 Å². The lowest BCUT2D eigenvalue weighted by Gasteiger charge is -2.38. The van der Waals surface area contributed by atoms with Crippen LogP contribution in [0.2, 0.25) is 25.2 Å². The average molecular weight is 727 g/mol. The third-order valence-corrected chi connectivity index (χ3v) is 13.5. The molecule has 6 rings (SSSR count). The van der Waals surface area contributed by atoms with Gasteiger partial charge in [-0.2, -0.15) is 0 Å². The van der Waals surface area contributed by atoms with Crippen LogP contribution >= 0.6 is 0 Å². The summed E-state index contributed by atoms with van der Waals surface area (Å²) in [5.74, 6) is -3.40. The van der Waals surface area contributed by atoms with Crippen LogP contribution in [0.5, 0.6) is 0 Å². The van der Waals surface area contributed by atoms with Crippen LogP contribution in [-0.4, -0.2) is 65.6 Å². The fourth-order valence-electron chi connectivity index (χ4n) is 7.53. The molecule has 0 aromatic heterocycles. The third kappa shape index (κ3) is 7.06. The summed E-state index contributed by atoms with van der Waals surface area (Å²) in [6.45, 7) is 5.60. The van der Waals surface area contributed by atoms with Gasteiger partial charge in [0.1, 0.15) is 23.2 Å². The van der Waals surface area contributed by atoms with Crippen molar-refractivity contribution in [2.24, 2.45) is 0 Å². The molecule has 0 aliphatic carbocycles. The van der Waals surface area contributed by atoms with Gasteiger partial charge >= 0.3 is 6.09 Å². The van der Waals surface area contributed by atoms with Crippen LogP contribution in [0.1, 0.15) is 48.9 Å². The van der Waals surface area contributed by atoms with Crippen molar-refractivity contribution in [1.29, 1.82) is 0 Å². The second-order valence-corrected chi connectivity index (χ2v) is 19.4. The number of nitrogens with zero attached hydrogens (tertiary/aromatic N) is 5. The van der Waals surface area contributed by atoms with Gasteiger partial charge in [0.25, 0.3) is 11.4 Å². The summed E-state index contributed by atoms with van der Waals surface area (Å²) in [4.78, 5) is 51.0. The second kappa shape index (κ2) is 13.8. The number of nitro groups is 2. The minimum Gasteiger partial charge on any atom is -0.465 e. The molecule has 0 radical (unpaired) electrons. The van der Waals surface area contributed by atoms with Crippen molar-refractivity contribution in [3.05, 3.63) is 97.3 Å². The first-order valence-electron chi connectivity index (χ1n) is 16.7. The predicted molar refractivity (Wildman–Crippen MR) is 185 cm³/mol. The van der Waals surface area contributed by atoms with Gasteiger partial charge in [0.15, 0.2) is 11.6 Å². The molecule has 1 unspecified atom stereocenters. The Hall–Kier alpha value is -5.19. The molecule has 0 bridgehead atoms. The Balaban J connectivity index is 1.39. The molecule has 3 atom stereocenters. The molecule has 51 heavy (non-hydrogen) atoms. The van der Waals surface area contributed by atoms with Crippen LogP contribution in [0.4, 0.5) is 46.4 Å². The van der Waals surface area contributed by atoms with E-state index in [9.17, 15) is 34.9 Å². The number of carbonyl (C=O) groups excluding carboxylic acids is 1. The first kappa shape index (κ1) is 35.6. The highest BCUT2D eigenvalue weighted by Gasteiger charge is 2.40. The van der Waals surface area contributed by atoms with Crippen molar-refractivity contribution in [1.82, 2.24) is 4.90 Å². The molecule has 17 heteroatoms. The van der Waals surface area contributed by atoms with E-state index in [-0.39, 0.29) is 42.0 Å². The summed E-state index contributed by atoms with van der Waals surface area (Å²) in [7, 11) is -1.45. The van der Waals surface area contributed by atoms with Gasteiger partial charge in [-0.05, 0) is 55.5 Å². The van der Waals surface area contributed by atoms with E-state index >= 15 is 13.2 Å². The summed E-state index contributed by atoms with van der Waals surface area (Å²) in [6, 6.07) is 8.75. The maximum atomic E-state index is 16.1. The molecule has 13 nitrogen and oxygen atoms in total. The van der Waals surface area contributed by atoms with Gasteiger partial charge in [0.05, 0.1) is 30.0 Å². The SMILES string of the molecule is C[Si]1(C)CCN(c2c(F)cc(N3[C@@H](c4ccc([N+](=O)[O-])cc4)CC[C@@H]3c3cc([N+](=O)[O-])c(NC(=O)C4CCCN4C(=O)O)cc3F)cc2F)CC1. The number of hydrogen-bond donors (Lipinski definition) is 2. The van der Waals surface area contributed by atoms with Gasteiger partial charge in [-0.15, -0.1) is 0 Å². The maximum absolute atomic E-state index is 16.1. The fraction of sp³-hybridized carbons (Fsp3) is 0.412. The van der Waals surface area contributed by atoms with E-state index in [1.165, 1.54) is 36.4 Å². The second-order valence-electron chi connectivity index (χ2n) is 14.0. The Bertz CT molecular complexity index is 1870. The number of amides is 2. The Morgan fingerprint density at radius 1 is 0.863 bits per heavy atom. The number of rotatable bonds is 8. The van der Waals surface area contributed by atoms with Crippen molar-refractivity contribution in [3.63, 3.8) is 0 Å². The van der Waals surface area contributed by atoms with Gasteiger partial charge < -0.3 is 20.2 Å².